The van der Waals surface area contributed by atoms with Crippen LogP contribution in [-0.4, -0.2) is 82.0 Å². The minimum absolute atomic E-state index is 0.134. The second kappa shape index (κ2) is 15.9. The molecule has 0 aliphatic carbocycles. The van der Waals surface area contributed by atoms with Gasteiger partial charge < -0.3 is 37.6 Å². The lowest BCUT2D eigenvalue weighted by molar-refractivity contribution is -0.143. The first-order valence-corrected chi connectivity index (χ1v) is 12.1. The van der Waals surface area contributed by atoms with Gasteiger partial charge in [0, 0.05) is 12.8 Å². The van der Waals surface area contributed by atoms with E-state index < -0.39 is 72.1 Å². The van der Waals surface area contributed by atoms with Crippen molar-refractivity contribution in [2.75, 3.05) is 12.0 Å². The molecule has 0 saturated heterocycles. The Bertz CT molecular complexity index is 748. The van der Waals surface area contributed by atoms with Crippen molar-refractivity contribution in [3.8, 4) is 0 Å². The molecule has 0 spiro atoms. The molecule has 14 heteroatoms. The first-order valence-electron chi connectivity index (χ1n) is 10.7. The fourth-order valence-electron chi connectivity index (χ4n) is 2.79. The van der Waals surface area contributed by atoms with Gasteiger partial charge in [0.05, 0.1) is 6.04 Å². The van der Waals surface area contributed by atoms with Gasteiger partial charge in [-0.2, -0.15) is 11.8 Å². The molecule has 0 aromatic rings. The Balaban J connectivity index is 5.44. The summed E-state index contributed by atoms with van der Waals surface area (Å²) in [6.07, 6.45) is 1.04. The fraction of sp³-hybridized carbons (Fsp3) is 0.700. The number of amides is 4. The molecule has 0 fully saturated rings. The zero-order chi connectivity index (χ0) is 26.4. The van der Waals surface area contributed by atoms with Gasteiger partial charge >= 0.3 is 11.9 Å². The minimum Gasteiger partial charge on any atom is -0.481 e. The van der Waals surface area contributed by atoms with Crippen LogP contribution in [0.2, 0.25) is 0 Å². The van der Waals surface area contributed by atoms with Crippen LogP contribution in [0.25, 0.3) is 0 Å². The van der Waals surface area contributed by atoms with Crippen LogP contribution in [0.1, 0.15) is 46.0 Å². The van der Waals surface area contributed by atoms with Gasteiger partial charge in [-0.3, -0.25) is 24.0 Å². The molecule has 0 bridgehead atoms. The van der Waals surface area contributed by atoms with Crippen LogP contribution in [0.5, 0.6) is 0 Å². The topological polar surface area (TPSA) is 231 Å². The van der Waals surface area contributed by atoms with E-state index in [1.54, 1.807) is 13.8 Å². The van der Waals surface area contributed by atoms with Crippen molar-refractivity contribution in [3.05, 3.63) is 0 Å². The Hall–Kier alpha value is -2.87. The van der Waals surface area contributed by atoms with Gasteiger partial charge in [-0.25, -0.2) is 4.79 Å². The van der Waals surface area contributed by atoms with Crippen molar-refractivity contribution >= 4 is 47.3 Å². The zero-order valence-corrected chi connectivity index (χ0v) is 20.4. The maximum Gasteiger partial charge on any atom is 0.326 e. The number of hydrogen-bond donors (Lipinski definition) is 7. The lowest BCUT2D eigenvalue weighted by atomic mass is 10.0. The molecule has 0 aliphatic rings. The van der Waals surface area contributed by atoms with Gasteiger partial charge in [0.2, 0.25) is 23.6 Å². The highest BCUT2D eigenvalue weighted by atomic mass is 32.2. The van der Waals surface area contributed by atoms with Gasteiger partial charge in [-0.1, -0.05) is 13.8 Å². The van der Waals surface area contributed by atoms with Crippen LogP contribution >= 0.6 is 11.8 Å². The summed E-state index contributed by atoms with van der Waals surface area (Å²) in [6, 6.07) is -4.76. The summed E-state index contributed by atoms with van der Waals surface area (Å²) >= 11 is 1.49. The number of primary amides is 1. The molecule has 4 amide bonds. The molecule has 0 aromatic carbocycles. The van der Waals surface area contributed by atoms with Gasteiger partial charge in [0.1, 0.15) is 18.1 Å². The molecule has 0 rings (SSSR count). The lowest BCUT2D eigenvalue weighted by Crippen LogP contribution is -2.58. The van der Waals surface area contributed by atoms with Crippen molar-refractivity contribution in [2.24, 2.45) is 17.4 Å². The number of nitrogens with one attached hydrogen (secondary N) is 3. The van der Waals surface area contributed by atoms with Crippen LogP contribution < -0.4 is 27.4 Å². The van der Waals surface area contributed by atoms with E-state index in [0.717, 1.165) is 0 Å². The molecule has 194 valence electrons. The maximum absolute atomic E-state index is 12.9. The highest BCUT2D eigenvalue weighted by Gasteiger charge is 2.32. The average molecular weight is 506 g/mol. The largest absolute Gasteiger partial charge is 0.481 e. The number of nitrogens with two attached hydrogens (primary N) is 2. The van der Waals surface area contributed by atoms with Crippen molar-refractivity contribution in [2.45, 2.75) is 70.1 Å². The van der Waals surface area contributed by atoms with Gasteiger partial charge in [0.15, 0.2) is 0 Å². The third-order valence-corrected chi connectivity index (χ3v) is 5.43. The molecular formula is C20H35N5O8S. The highest BCUT2D eigenvalue weighted by Crippen LogP contribution is 2.08. The molecule has 4 unspecified atom stereocenters. The second-order valence-corrected chi connectivity index (χ2v) is 9.00. The predicted molar refractivity (Wildman–Crippen MR) is 125 cm³/mol. The highest BCUT2D eigenvalue weighted by molar-refractivity contribution is 7.98. The molecule has 0 heterocycles. The lowest BCUT2D eigenvalue weighted by Gasteiger charge is -2.27. The van der Waals surface area contributed by atoms with E-state index in [4.69, 9.17) is 16.6 Å². The Morgan fingerprint density at radius 1 is 0.824 bits per heavy atom. The third kappa shape index (κ3) is 12.4. The van der Waals surface area contributed by atoms with Crippen molar-refractivity contribution < 1.29 is 39.0 Å². The van der Waals surface area contributed by atoms with Crippen LogP contribution in [-0.2, 0) is 28.8 Å². The summed E-state index contributed by atoms with van der Waals surface area (Å²) in [5, 5.41) is 25.2. The number of carboxylic acid groups (broad SMARTS) is 2. The summed E-state index contributed by atoms with van der Waals surface area (Å²) < 4.78 is 0. The Morgan fingerprint density at radius 2 is 1.38 bits per heavy atom. The average Bonchev–Trinajstić information content (AvgIpc) is 2.74. The summed E-state index contributed by atoms with van der Waals surface area (Å²) in [7, 11) is 0. The van der Waals surface area contributed by atoms with E-state index in [-0.39, 0.29) is 19.3 Å². The SMILES string of the molecule is CSCCC(N)C(=O)NC(CCC(N)=O)C(=O)NC(C(=O)NC(CCC(=O)O)C(=O)O)C(C)C. The first-order chi connectivity index (χ1) is 15.8. The van der Waals surface area contributed by atoms with Crippen molar-refractivity contribution in [1.82, 2.24) is 16.0 Å². The summed E-state index contributed by atoms with van der Waals surface area (Å²) in [5.74, 6) is -5.44. The van der Waals surface area contributed by atoms with Gasteiger partial charge in [0.25, 0.3) is 0 Å². The molecular weight excluding hydrogens is 470 g/mol. The molecule has 0 aromatic heterocycles. The van der Waals surface area contributed by atoms with Crippen LogP contribution in [0.15, 0.2) is 0 Å². The Morgan fingerprint density at radius 3 is 1.85 bits per heavy atom. The molecule has 0 saturated carbocycles. The van der Waals surface area contributed by atoms with Crippen LogP contribution in [0.4, 0.5) is 0 Å². The molecule has 13 nitrogen and oxygen atoms in total. The number of carboxylic acids is 2. The maximum atomic E-state index is 12.9. The molecule has 0 aliphatic heterocycles. The van der Waals surface area contributed by atoms with E-state index in [2.05, 4.69) is 16.0 Å². The van der Waals surface area contributed by atoms with Crippen molar-refractivity contribution in [1.29, 1.82) is 0 Å². The smallest absolute Gasteiger partial charge is 0.326 e. The number of thioether (sulfide) groups is 1. The van der Waals surface area contributed by atoms with Crippen molar-refractivity contribution in [3.63, 3.8) is 0 Å². The molecule has 4 atom stereocenters. The second-order valence-electron chi connectivity index (χ2n) is 8.02. The predicted octanol–water partition coefficient (Wildman–Crippen LogP) is -1.61. The number of rotatable bonds is 17. The normalized spacial score (nSPS) is 14.4. The first kappa shape index (κ1) is 31.1. The van der Waals surface area contributed by atoms with Gasteiger partial charge in [-0.15, -0.1) is 0 Å². The molecule has 34 heavy (non-hydrogen) atoms. The monoisotopic (exact) mass is 505 g/mol. The third-order valence-electron chi connectivity index (χ3n) is 4.79. The van der Waals surface area contributed by atoms with E-state index in [0.29, 0.717) is 12.2 Å². The number of carbonyl (C=O) groups excluding carboxylic acids is 4. The fourth-order valence-corrected chi connectivity index (χ4v) is 3.28. The standard InChI is InChI=1S/C20H35N5O8S/c1-10(2)16(19(31)24-13(20(32)33)5-7-15(27)28)25-18(30)12(4-6-14(22)26)23-17(29)11(21)8-9-34-3/h10-13,16H,4-9,21H2,1-3H3,(H2,22,26)(H,23,29)(H,24,31)(H,25,30)(H,27,28)(H,32,33). The summed E-state index contributed by atoms with van der Waals surface area (Å²) in [5.41, 5.74) is 11.0. The minimum atomic E-state index is -1.47. The Labute approximate surface area is 202 Å². The number of hydrogen-bond acceptors (Lipinski definition) is 8. The quantitative estimate of drug-likeness (QED) is 0.119. The molecule has 0 radical (unpaired) electrons. The zero-order valence-electron chi connectivity index (χ0n) is 19.5. The van der Waals surface area contributed by atoms with Gasteiger partial charge in [-0.05, 0) is 37.2 Å². The summed E-state index contributed by atoms with van der Waals surface area (Å²) in [6.45, 7) is 3.21. The number of carbonyl (C=O) groups is 6. The van der Waals surface area contributed by atoms with E-state index in [9.17, 15) is 33.9 Å². The van der Waals surface area contributed by atoms with E-state index in [1.165, 1.54) is 11.8 Å². The molecule has 9 N–H and O–H groups in total. The summed E-state index contributed by atoms with van der Waals surface area (Å²) in [4.78, 5) is 71.3. The van der Waals surface area contributed by atoms with E-state index >= 15 is 0 Å². The van der Waals surface area contributed by atoms with Crippen LogP contribution in [0.3, 0.4) is 0 Å². The van der Waals surface area contributed by atoms with Crippen LogP contribution in [0, 0.1) is 5.92 Å². The number of aliphatic carboxylic acids is 2. The Kier molecular flexibility index (Phi) is 14.5. The van der Waals surface area contributed by atoms with E-state index in [1.807, 2.05) is 6.26 Å².